The average Bonchev–Trinajstić information content (AvgIpc) is 2.86. The van der Waals surface area contributed by atoms with Crippen molar-refractivity contribution < 1.29 is 8.42 Å². The lowest BCUT2D eigenvalue weighted by Crippen LogP contribution is -2.43. The third kappa shape index (κ3) is 6.54. The monoisotopic (exact) mass is 622 g/mol. The molecule has 12 heteroatoms. The van der Waals surface area contributed by atoms with Gasteiger partial charge < -0.3 is 15.5 Å². The van der Waals surface area contributed by atoms with Crippen molar-refractivity contribution in [3.8, 4) is 6.07 Å². The van der Waals surface area contributed by atoms with Crippen LogP contribution < -0.4 is 15.5 Å². The van der Waals surface area contributed by atoms with Gasteiger partial charge in [-0.2, -0.15) is 10.2 Å². The van der Waals surface area contributed by atoms with Gasteiger partial charge in [-0.05, 0) is 84.2 Å². The van der Waals surface area contributed by atoms with E-state index < -0.39 is 9.84 Å². The number of halogens is 3. The third-order valence-electron chi connectivity index (χ3n) is 6.19. The minimum absolute atomic E-state index is 0.154. The Morgan fingerprint density at radius 2 is 1.95 bits per heavy atom. The molecule has 1 aromatic heterocycles. The standard InChI is InChI=1S/C25H25BrCl2N6O2S/c1-15-9-16(12-29)10-22(28)23(15)32-24-20(26)13-31-25(33-24)34(18-5-7-30-8-6-18)14-17-3-4-19(11-21(17)27)37(2,35)36/h3-4,9-11,13,18,30H,5-8,14H2,1-2H3,(H,31,32,33). The van der Waals surface area contributed by atoms with Crippen molar-refractivity contribution in [1.29, 1.82) is 5.26 Å². The van der Waals surface area contributed by atoms with Gasteiger partial charge in [0.25, 0.3) is 0 Å². The van der Waals surface area contributed by atoms with Crippen molar-refractivity contribution in [2.24, 2.45) is 0 Å². The van der Waals surface area contributed by atoms with Crippen LogP contribution in [-0.4, -0.2) is 43.8 Å². The lowest BCUT2D eigenvalue weighted by Gasteiger charge is -2.35. The molecule has 0 spiro atoms. The van der Waals surface area contributed by atoms with Crippen LogP contribution in [0, 0.1) is 18.3 Å². The maximum Gasteiger partial charge on any atom is 0.227 e. The highest BCUT2D eigenvalue weighted by Gasteiger charge is 2.25. The quantitative estimate of drug-likeness (QED) is 0.348. The molecule has 0 aliphatic carbocycles. The van der Waals surface area contributed by atoms with Crippen molar-refractivity contribution in [3.05, 3.63) is 67.7 Å². The number of nitrogens with one attached hydrogen (secondary N) is 2. The average molecular weight is 624 g/mol. The molecule has 194 valence electrons. The van der Waals surface area contributed by atoms with Gasteiger partial charge in [0.15, 0.2) is 9.84 Å². The summed E-state index contributed by atoms with van der Waals surface area (Å²) >= 11 is 16.5. The lowest BCUT2D eigenvalue weighted by molar-refractivity contribution is 0.424. The molecular formula is C25H25BrCl2N6O2S. The molecule has 8 nitrogen and oxygen atoms in total. The van der Waals surface area contributed by atoms with Gasteiger partial charge in [0.05, 0.1) is 31.7 Å². The Kier molecular flexibility index (Phi) is 8.61. The van der Waals surface area contributed by atoms with E-state index in [1.807, 2.05) is 6.92 Å². The van der Waals surface area contributed by atoms with Gasteiger partial charge in [0.1, 0.15) is 5.82 Å². The number of sulfone groups is 1. The van der Waals surface area contributed by atoms with Crippen molar-refractivity contribution in [2.75, 3.05) is 29.6 Å². The highest BCUT2D eigenvalue weighted by atomic mass is 79.9. The molecule has 1 aliphatic rings. The number of nitrogens with zero attached hydrogens (tertiary/aromatic N) is 4. The summed E-state index contributed by atoms with van der Waals surface area (Å²) in [5, 5.41) is 16.7. The molecule has 3 aromatic rings. The van der Waals surface area contributed by atoms with Crippen molar-refractivity contribution in [2.45, 2.75) is 37.2 Å². The van der Waals surface area contributed by atoms with Crippen LogP contribution in [0.2, 0.25) is 10.0 Å². The van der Waals surface area contributed by atoms with Crippen LogP contribution >= 0.6 is 39.1 Å². The molecule has 1 aliphatic heterocycles. The maximum absolute atomic E-state index is 12.0. The molecular weight excluding hydrogens is 599 g/mol. The van der Waals surface area contributed by atoms with Crippen molar-refractivity contribution in [3.63, 3.8) is 0 Å². The number of rotatable bonds is 7. The van der Waals surface area contributed by atoms with E-state index in [1.165, 1.54) is 6.07 Å². The number of hydrogen-bond acceptors (Lipinski definition) is 8. The van der Waals surface area contributed by atoms with Crippen LogP contribution in [0.5, 0.6) is 0 Å². The summed E-state index contributed by atoms with van der Waals surface area (Å²) in [6, 6.07) is 10.4. The van der Waals surface area contributed by atoms with Crippen molar-refractivity contribution >= 4 is 66.4 Å². The number of aryl methyl sites for hydroxylation is 1. The first-order valence-corrected chi connectivity index (χ1v) is 15.0. The first kappa shape index (κ1) is 27.6. The first-order chi connectivity index (χ1) is 17.6. The summed E-state index contributed by atoms with van der Waals surface area (Å²) in [4.78, 5) is 11.7. The zero-order valence-electron chi connectivity index (χ0n) is 20.2. The largest absolute Gasteiger partial charge is 0.338 e. The fourth-order valence-corrected chi connectivity index (χ4v) is 5.78. The smallest absolute Gasteiger partial charge is 0.227 e. The Hall–Kier alpha value is -2.42. The fourth-order valence-electron chi connectivity index (χ4n) is 4.22. The Labute approximate surface area is 235 Å². The fraction of sp³-hybridized carbons (Fsp3) is 0.320. The molecule has 1 saturated heterocycles. The third-order valence-corrected chi connectivity index (χ3v) is 8.53. The molecule has 2 N–H and O–H groups in total. The van der Waals surface area contributed by atoms with E-state index in [0.717, 1.165) is 43.3 Å². The van der Waals surface area contributed by atoms with E-state index in [-0.39, 0.29) is 10.9 Å². The SMILES string of the molecule is Cc1cc(C#N)cc(Cl)c1Nc1nc(N(Cc2ccc(S(C)(=O)=O)cc2Cl)C2CCNCC2)ncc1Br. The topological polar surface area (TPSA) is 111 Å². The first-order valence-electron chi connectivity index (χ1n) is 11.5. The van der Waals surface area contributed by atoms with Crippen LogP contribution in [-0.2, 0) is 16.4 Å². The van der Waals surface area contributed by atoms with Gasteiger partial charge in [-0.3, -0.25) is 0 Å². The Morgan fingerprint density at radius 3 is 2.57 bits per heavy atom. The highest BCUT2D eigenvalue weighted by Crippen LogP contribution is 2.34. The van der Waals surface area contributed by atoms with E-state index in [0.29, 0.717) is 44.1 Å². The summed E-state index contributed by atoms with van der Waals surface area (Å²) in [6.45, 7) is 4.01. The summed E-state index contributed by atoms with van der Waals surface area (Å²) in [7, 11) is -3.37. The van der Waals surface area contributed by atoms with Crippen LogP contribution in [0.3, 0.4) is 0 Å². The van der Waals surface area contributed by atoms with E-state index in [9.17, 15) is 13.7 Å². The molecule has 2 heterocycles. The van der Waals surface area contributed by atoms with E-state index in [1.54, 1.807) is 30.5 Å². The Balaban J connectivity index is 1.71. The van der Waals surface area contributed by atoms with E-state index >= 15 is 0 Å². The van der Waals surface area contributed by atoms with Crippen LogP contribution in [0.15, 0.2) is 45.9 Å². The molecule has 0 unspecified atom stereocenters. The van der Waals surface area contributed by atoms with Gasteiger partial charge in [-0.15, -0.1) is 0 Å². The molecule has 0 bridgehead atoms. The second kappa shape index (κ2) is 11.5. The molecule has 37 heavy (non-hydrogen) atoms. The van der Waals surface area contributed by atoms with Gasteiger partial charge in [-0.25, -0.2) is 13.4 Å². The number of aromatic nitrogens is 2. The number of nitriles is 1. The molecule has 2 aromatic carbocycles. The molecule has 0 amide bonds. The second-order valence-corrected chi connectivity index (χ2v) is 12.6. The lowest BCUT2D eigenvalue weighted by atomic mass is 10.0. The maximum atomic E-state index is 12.0. The summed E-state index contributed by atoms with van der Waals surface area (Å²) in [5.41, 5.74) is 2.72. The Bertz CT molecular complexity index is 1450. The van der Waals surface area contributed by atoms with Crippen LogP contribution in [0.1, 0.15) is 29.5 Å². The van der Waals surface area contributed by atoms with Crippen LogP contribution in [0.25, 0.3) is 0 Å². The van der Waals surface area contributed by atoms with Crippen molar-refractivity contribution in [1.82, 2.24) is 15.3 Å². The predicted molar refractivity (Wildman–Crippen MR) is 151 cm³/mol. The molecule has 0 saturated carbocycles. The minimum Gasteiger partial charge on any atom is -0.338 e. The molecule has 0 radical (unpaired) electrons. The predicted octanol–water partition coefficient (Wildman–Crippen LogP) is 5.63. The zero-order valence-corrected chi connectivity index (χ0v) is 24.1. The minimum atomic E-state index is -3.37. The number of anilines is 3. The number of hydrogen-bond donors (Lipinski definition) is 2. The molecule has 1 fully saturated rings. The zero-order chi connectivity index (χ0) is 26.7. The summed E-state index contributed by atoms with van der Waals surface area (Å²) in [5.74, 6) is 1.03. The Morgan fingerprint density at radius 1 is 1.22 bits per heavy atom. The normalized spacial score (nSPS) is 14.3. The summed E-state index contributed by atoms with van der Waals surface area (Å²) < 4.78 is 24.6. The van der Waals surface area contributed by atoms with E-state index in [2.05, 4.69) is 42.5 Å². The molecule has 0 atom stereocenters. The van der Waals surface area contributed by atoms with E-state index in [4.69, 9.17) is 28.2 Å². The van der Waals surface area contributed by atoms with Gasteiger partial charge >= 0.3 is 0 Å². The van der Waals surface area contributed by atoms with Crippen LogP contribution in [0.4, 0.5) is 17.5 Å². The van der Waals surface area contributed by atoms with Gasteiger partial charge in [0, 0.05) is 30.1 Å². The summed E-state index contributed by atoms with van der Waals surface area (Å²) in [6.07, 6.45) is 4.62. The number of piperidine rings is 1. The van der Waals surface area contributed by atoms with Gasteiger partial charge in [-0.1, -0.05) is 29.3 Å². The second-order valence-electron chi connectivity index (χ2n) is 8.89. The highest BCUT2D eigenvalue weighted by molar-refractivity contribution is 9.10. The molecule has 4 rings (SSSR count). The number of benzene rings is 2. The van der Waals surface area contributed by atoms with Gasteiger partial charge in [0.2, 0.25) is 5.95 Å².